The Bertz CT molecular complexity index is 1910. The number of carbonyl (C=O) groups is 1. The number of methoxy groups -OCH3 is 1. The van der Waals surface area contributed by atoms with Crippen LogP contribution in [0.5, 0.6) is 0 Å². The molecule has 0 amide bonds. The Morgan fingerprint density at radius 1 is 0.953 bits per heavy atom. The van der Waals surface area contributed by atoms with Gasteiger partial charge in [-0.1, -0.05) is 18.2 Å². The zero-order valence-corrected chi connectivity index (χ0v) is 24.4. The molecule has 0 unspecified atom stereocenters. The quantitative estimate of drug-likeness (QED) is 0.0673. The first-order valence-electron chi connectivity index (χ1n) is 12.7. The summed E-state index contributed by atoms with van der Waals surface area (Å²) in [6, 6.07) is 10.8. The maximum Gasteiger partial charge on any atom is 0.336 e. The Labute approximate surface area is 246 Å². The normalized spacial score (nSPS) is 12.2. The van der Waals surface area contributed by atoms with E-state index < -0.39 is 52.6 Å². The molecule has 14 nitrogen and oxygen atoms in total. The fraction of sp³-hybridized carbons (Fsp3) is 0.259. The van der Waals surface area contributed by atoms with Crippen molar-refractivity contribution in [2.45, 2.75) is 9.79 Å². The molecule has 0 atom stereocenters. The number of fused-ring (bicyclic) bond motifs is 2. The fourth-order valence-electron chi connectivity index (χ4n) is 4.47. The molecule has 0 aromatic heterocycles. The molecule has 230 valence electrons. The van der Waals surface area contributed by atoms with Crippen LogP contribution in [0.1, 0.15) is 10.4 Å². The van der Waals surface area contributed by atoms with Crippen LogP contribution in [0.3, 0.4) is 0 Å². The molecule has 2 aromatic carbocycles. The van der Waals surface area contributed by atoms with E-state index in [1.54, 1.807) is 0 Å². The van der Waals surface area contributed by atoms with E-state index in [0.717, 1.165) is 6.07 Å². The van der Waals surface area contributed by atoms with Crippen LogP contribution in [0, 0.1) is 5.41 Å². The number of sulfonamides is 1. The highest BCUT2D eigenvalue weighted by Gasteiger charge is 2.30. The predicted octanol–water partition coefficient (Wildman–Crippen LogP) is 1.83. The van der Waals surface area contributed by atoms with Crippen molar-refractivity contribution in [2.24, 2.45) is 0 Å². The molecule has 0 fully saturated rings. The third-order valence-electron chi connectivity index (χ3n) is 6.29. The average molecular weight is 635 g/mol. The maximum absolute atomic E-state index is 13.5. The van der Waals surface area contributed by atoms with Crippen LogP contribution in [-0.4, -0.2) is 79.2 Å². The predicted molar refractivity (Wildman–Crippen MR) is 152 cm³/mol. The first-order chi connectivity index (χ1) is 20.4. The van der Waals surface area contributed by atoms with Crippen molar-refractivity contribution in [3.8, 4) is 22.5 Å². The number of anilines is 1. The first kappa shape index (κ1) is 32.0. The Morgan fingerprint density at radius 2 is 1.63 bits per heavy atom. The van der Waals surface area contributed by atoms with E-state index in [-0.39, 0.29) is 59.7 Å². The second-order valence-corrected chi connectivity index (χ2v) is 12.1. The van der Waals surface area contributed by atoms with Crippen molar-refractivity contribution in [2.75, 3.05) is 52.4 Å². The van der Waals surface area contributed by atoms with Crippen LogP contribution in [0.15, 0.2) is 62.7 Å². The molecule has 0 spiro atoms. The van der Waals surface area contributed by atoms with E-state index in [1.165, 1.54) is 49.6 Å². The second kappa shape index (κ2) is 13.2. The molecule has 16 heteroatoms. The van der Waals surface area contributed by atoms with E-state index in [9.17, 15) is 31.3 Å². The van der Waals surface area contributed by atoms with Crippen LogP contribution >= 0.6 is 0 Å². The highest BCUT2D eigenvalue weighted by molar-refractivity contribution is 7.90. The molecule has 0 saturated carbocycles. The summed E-state index contributed by atoms with van der Waals surface area (Å²) in [7, 11) is -8.24. The maximum atomic E-state index is 13.5. The monoisotopic (exact) mass is 634 g/mol. The van der Waals surface area contributed by atoms with Gasteiger partial charge in [0, 0.05) is 30.2 Å². The van der Waals surface area contributed by atoms with E-state index in [1.807, 2.05) is 0 Å². The van der Waals surface area contributed by atoms with Crippen LogP contribution in [-0.2, 0) is 34.4 Å². The van der Waals surface area contributed by atoms with Crippen molar-refractivity contribution in [1.29, 1.82) is 5.41 Å². The molecule has 0 saturated heterocycles. The molecule has 2 aliphatic rings. The fourth-order valence-corrected chi connectivity index (χ4v) is 6.46. The third kappa shape index (κ3) is 6.86. The van der Waals surface area contributed by atoms with Gasteiger partial charge in [-0.2, -0.15) is 0 Å². The van der Waals surface area contributed by atoms with Crippen molar-refractivity contribution < 1.29 is 49.9 Å². The summed E-state index contributed by atoms with van der Waals surface area (Å²) in [5, 5.41) is 17.4. The van der Waals surface area contributed by atoms with Crippen molar-refractivity contribution in [3.05, 3.63) is 59.5 Å². The van der Waals surface area contributed by atoms with Gasteiger partial charge < -0.3 is 34.0 Å². The van der Waals surface area contributed by atoms with Crippen LogP contribution in [0.25, 0.3) is 33.4 Å². The second-order valence-electron chi connectivity index (χ2n) is 9.08. The number of nitrogen functional groups attached to an aromatic ring is 1. The number of carboxylic acid groups (broad SMARTS) is 1. The number of hydrogen-bond acceptors (Lipinski definition) is 12. The van der Waals surface area contributed by atoms with E-state index in [0.29, 0.717) is 13.2 Å². The van der Waals surface area contributed by atoms with Crippen molar-refractivity contribution in [1.82, 2.24) is 4.72 Å². The third-order valence-corrected chi connectivity index (χ3v) is 8.73. The van der Waals surface area contributed by atoms with Crippen LogP contribution in [0.2, 0.25) is 0 Å². The van der Waals surface area contributed by atoms with Gasteiger partial charge in [-0.3, -0.25) is 5.41 Å². The minimum Gasteiger partial charge on any atom is -0.744 e. The van der Waals surface area contributed by atoms with Gasteiger partial charge in [0.2, 0.25) is 10.0 Å². The van der Waals surface area contributed by atoms with E-state index >= 15 is 0 Å². The lowest BCUT2D eigenvalue weighted by molar-refractivity contribution is 0.0262. The Balaban J connectivity index is 1.89. The average Bonchev–Trinajstić information content (AvgIpc) is 2.94. The van der Waals surface area contributed by atoms with Crippen LogP contribution < -0.4 is 15.8 Å². The summed E-state index contributed by atoms with van der Waals surface area (Å²) >= 11 is 0. The molecule has 43 heavy (non-hydrogen) atoms. The highest BCUT2D eigenvalue weighted by Crippen LogP contribution is 2.45. The number of nitrogens with two attached hydrogens (primary N) is 1. The van der Waals surface area contributed by atoms with Gasteiger partial charge in [-0.05, 0) is 35.9 Å². The van der Waals surface area contributed by atoms with Gasteiger partial charge in [0.05, 0.1) is 49.6 Å². The van der Waals surface area contributed by atoms with Gasteiger partial charge in [-0.15, -0.1) is 0 Å². The molecule has 1 aliphatic heterocycles. The largest absolute Gasteiger partial charge is 0.744 e. The topological polar surface area (TPSA) is 231 Å². The van der Waals surface area contributed by atoms with Gasteiger partial charge in [0.1, 0.15) is 19.9 Å². The highest BCUT2D eigenvalue weighted by atomic mass is 32.2. The lowest BCUT2D eigenvalue weighted by atomic mass is 9.90. The number of carboxylic acids is 1. The minimum atomic E-state index is -5.32. The zero-order chi connectivity index (χ0) is 31.4. The van der Waals surface area contributed by atoms with Crippen molar-refractivity contribution >= 4 is 42.8 Å². The van der Waals surface area contributed by atoms with E-state index in [2.05, 4.69) is 4.72 Å². The summed E-state index contributed by atoms with van der Waals surface area (Å²) in [5.74, 6) is -1.94. The van der Waals surface area contributed by atoms with Crippen LogP contribution in [0.4, 0.5) is 5.69 Å². The molecule has 4 rings (SSSR count). The van der Waals surface area contributed by atoms with E-state index in [4.69, 9.17) is 29.8 Å². The molecular weight excluding hydrogens is 606 g/mol. The Kier molecular flexibility index (Phi) is 9.81. The number of ether oxygens (including phenoxy) is 3. The van der Waals surface area contributed by atoms with Gasteiger partial charge >= 0.3 is 5.97 Å². The number of benzene rings is 3. The SMILES string of the molecule is COCCOCCOCCNS(=O)(=O)c1c(N)ccc2c(-c3ccccc3C(=O)O)c3ccc(=N)c(S(=O)(=O)[O-])c-3oc12. The first-order valence-corrected chi connectivity index (χ1v) is 15.6. The molecule has 5 N–H and O–H groups in total. The summed E-state index contributed by atoms with van der Waals surface area (Å²) in [6.45, 7) is 1.03. The Morgan fingerprint density at radius 3 is 2.30 bits per heavy atom. The van der Waals surface area contributed by atoms with Crippen molar-refractivity contribution in [3.63, 3.8) is 0 Å². The summed E-state index contributed by atoms with van der Waals surface area (Å²) in [6.07, 6.45) is 0. The molecule has 0 radical (unpaired) electrons. The number of rotatable bonds is 14. The van der Waals surface area contributed by atoms with Gasteiger partial charge in [-0.25, -0.2) is 26.4 Å². The molecule has 0 bridgehead atoms. The lowest BCUT2D eigenvalue weighted by Crippen LogP contribution is -2.28. The number of nitrogens with one attached hydrogen (secondary N) is 2. The lowest BCUT2D eigenvalue weighted by Gasteiger charge is -2.21. The smallest absolute Gasteiger partial charge is 0.336 e. The standard InChI is InChI=1S/C27H29N3O11S2/c1-38-12-13-40-15-14-39-11-10-30-42(33,34)25-20(28)8-6-18-22(16-4-2-3-5-17(16)27(31)32)19-7-9-21(29)26(43(35,36)37)24(19)41-23(18)25/h2-9,29-30H,10-15,28H2,1H3,(H,31,32)(H,35,36,37)/p-1. The minimum absolute atomic E-state index is 0.0321. The number of hydrogen-bond donors (Lipinski definition) is 4. The Hall–Kier alpha value is -3.90. The molecule has 1 heterocycles. The molecular formula is C27H28N3O11S2-. The zero-order valence-electron chi connectivity index (χ0n) is 22.8. The molecule has 2 aromatic rings. The summed E-state index contributed by atoms with van der Waals surface area (Å²) < 4.78 is 87.5. The summed E-state index contributed by atoms with van der Waals surface area (Å²) in [4.78, 5) is 10.5. The summed E-state index contributed by atoms with van der Waals surface area (Å²) in [5.41, 5.74) is 5.29. The molecule has 1 aliphatic carbocycles. The number of aromatic carboxylic acids is 1. The van der Waals surface area contributed by atoms with Gasteiger partial charge in [0.15, 0.2) is 11.3 Å². The van der Waals surface area contributed by atoms with Gasteiger partial charge in [0.25, 0.3) is 0 Å².